The molecule has 0 saturated carbocycles. The van der Waals surface area contributed by atoms with Crippen molar-refractivity contribution in [2.24, 2.45) is 0 Å². The summed E-state index contributed by atoms with van der Waals surface area (Å²) in [6, 6.07) is 0. The number of nitrogens with one attached hydrogen (secondary N) is 2. The van der Waals surface area contributed by atoms with Crippen LogP contribution in [0.1, 0.15) is 38.6 Å². The van der Waals surface area contributed by atoms with Crippen molar-refractivity contribution in [2.75, 3.05) is 13.1 Å². The van der Waals surface area contributed by atoms with Gasteiger partial charge in [-0.2, -0.15) is 5.10 Å². The lowest BCUT2D eigenvalue weighted by molar-refractivity contribution is 0.377. The fourth-order valence-electron chi connectivity index (χ4n) is 2.45. The molecule has 2 rings (SSSR count). The highest BCUT2D eigenvalue weighted by atomic mass is 35.5. The number of aromatic nitrogens is 2. The fraction of sp³-hybridized carbons (Fsp3) is 0.769. The van der Waals surface area contributed by atoms with Crippen molar-refractivity contribution in [1.82, 2.24) is 20.4 Å². The third-order valence-electron chi connectivity index (χ3n) is 3.75. The van der Waals surface area contributed by atoms with Gasteiger partial charge in [0.2, 0.25) is 0 Å². The molecule has 1 aliphatic heterocycles. The van der Waals surface area contributed by atoms with Crippen molar-refractivity contribution in [3.63, 3.8) is 0 Å². The summed E-state index contributed by atoms with van der Waals surface area (Å²) in [6.45, 7) is 10.2. The van der Waals surface area contributed by atoms with E-state index in [0.717, 1.165) is 55.4 Å². The first kappa shape index (κ1) is 13.8. The first-order chi connectivity index (χ1) is 8.59. The van der Waals surface area contributed by atoms with Gasteiger partial charge in [0.05, 0.1) is 16.4 Å². The molecule has 1 unspecified atom stereocenters. The number of aryl methyl sites for hydroxylation is 2. The summed E-state index contributed by atoms with van der Waals surface area (Å²) < 4.78 is 2.01. The highest BCUT2D eigenvalue weighted by molar-refractivity contribution is 6.31. The van der Waals surface area contributed by atoms with Gasteiger partial charge in [0.15, 0.2) is 0 Å². The topological polar surface area (TPSA) is 41.9 Å². The van der Waals surface area contributed by atoms with E-state index in [-0.39, 0.29) is 5.54 Å². The van der Waals surface area contributed by atoms with E-state index < -0.39 is 0 Å². The zero-order valence-corrected chi connectivity index (χ0v) is 12.3. The van der Waals surface area contributed by atoms with Gasteiger partial charge in [0.25, 0.3) is 0 Å². The van der Waals surface area contributed by atoms with Gasteiger partial charge in [-0.15, -0.1) is 0 Å². The average Bonchev–Trinajstić information content (AvgIpc) is 2.92. The van der Waals surface area contributed by atoms with Crippen LogP contribution in [0.2, 0.25) is 5.02 Å². The van der Waals surface area contributed by atoms with Gasteiger partial charge >= 0.3 is 0 Å². The van der Waals surface area contributed by atoms with Crippen molar-refractivity contribution in [3.05, 3.63) is 16.4 Å². The van der Waals surface area contributed by atoms with Crippen molar-refractivity contribution in [3.8, 4) is 0 Å². The summed E-state index contributed by atoms with van der Waals surface area (Å²) in [5.41, 5.74) is 2.30. The van der Waals surface area contributed by atoms with Crippen molar-refractivity contribution in [2.45, 2.75) is 52.2 Å². The molecule has 4 nitrogen and oxygen atoms in total. The highest BCUT2D eigenvalue weighted by Crippen LogP contribution is 2.23. The Morgan fingerprint density at radius 2 is 2.28 bits per heavy atom. The van der Waals surface area contributed by atoms with Crippen LogP contribution in [0.5, 0.6) is 0 Å². The quantitative estimate of drug-likeness (QED) is 0.860. The molecule has 0 radical (unpaired) electrons. The van der Waals surface area contributed by atoms with Crippen LogP contribution in [0, 0.1) is 0 Å². The van der Waals surface area contributed by atoms with Crippen molar-refractivity contribution in [1.29, 1.82) is 0 Å². The van der Waals surface area contributed by atoms with Crippen LogP contribution in [0.15, 0.2) is 0 Å². The molecule has 5 heteroatoms. The summed E-state index contributed by atoms with van der Waals surface area (Å²) in [4.78, 5) is 0. The molecule has 0 spiro atoms. The molecule has 1 aromatic heterocycles. The maximum atomic E-state index is 6.40. The van der Waals surface area contributed by atoms with Crippen LogP contribution in [-0.4, -0.2) is 28.4 Å². The second kappa shape index (κ2) is 5.59. The minimum Gasteiger partial charge on any atom is -0.315 e. The highest BCUT2D eigenvalue weighted by Gasteiger charge is 2.28. The normalized spacial score (nSPS) is 23.8. The van der Waals surface area contributed by atoms with E-state index in [0.29, 0.717) is 0 Å². The van der Waals surface area contributed by atoms with E-state index >= 15 is 0 Å². The maximum absolute atomic E-state index is 6.40. The van der Waals surface area contributed by atoms with E-state index in [9.17, 15) is 0 Å². The van der Waals surface area contributed by atoms with Crippen molar-refractivity contribution < 1.29 is 0 Å². The van der Waals surface area contributed by atoms with E-state index in [1.165, 1.54) is 0 Å². The Labute approximate surface area is 114 Å². The standard InChI is InChI=1S/C13H23ClN4/c1-4-10-12(14)11(18(5-2)17-10)8-16-13(3)6-7-15-9-13/h15-16H,4-9H2,1-3H3. The third kappa shape index (κ3) is 2.71. The Bertz CT molecular complexity index is 407. The second-order valence-electron chi connectivity index (χ2n) is 5.22. The molecule has 1 aliphatic rings. The summed E-state index contributed by atoms with van der Waals surface area (Å²) >= 11 is 6.40. The Morgan fingerprint density at radius 1 is 1.50 bits per heavy atom. The number of rotatable bonds is 5. The molecular weight excluding hydrogens is 248 g/mol. The Hall–Kier alpha value is -0.580. The third-order valence-corrected chi connectivity index (χ3v) is 4.18. The van der Waals surface area contributed by atoms with Crippen LogP contribution in [0.3, 0.4) is 0 Å². The van der Waals surface area contributed by atoms with Crippen LogP contribution in [0.25, 0.3) is 0 Å². The van der Waals surface area contributed by atoms with E-state index in [4.69, 9.17) is 11.6 Å². The van der Waals surface area contributed by atoms with E-state index in [1.807, 2.05) is 4.68 Å². The first-order valence-electron chi connectivity index (χ1n) is 6.79. The number of halogens is 1. The molecule has 1 atom stereocenters. The summed E-state index contributed by atoms with van der Waals surface area (Å²) in [6.07, 6.45) is 2.04. The van der Waals surface area contributed by atoms with Crippen LogP contribution in [0.4, 0.5) is 0 Å². The SMILES string of the molecule is CCc1nn(CC)c(CNC2(C)CCNC2)c1Cl. The predicted octanol–water partition coefficient (Wildman–Crippen LogP) is 1.96. The van der Waals surface area contributed by atoms with Gasteiger partial charge < -0.3 is 10.6 Å². The average molecular weight is 271 g/mol. The van der Waals surface area contributed by atoms with Crippen LogP contribution >= 0.6 is 11.6 Å². The van der Waals surface area contributed by atoms with E-state index in [2.05, 4.69) is 36.5 Å². The minimum absolute atomic E-state index is 0.179. The van der Waals surface area contributed by atoms with Crippen molar-refractivity contribution >= 4 is 11.6 Å². The molecule has 0 amide bonds. The molecule has 0 bridgehead atoms. The molecular formula is C13H23ClN4. The monoisotopic (exact) mass is 270 g/mol. The molecule has 1 saturated heterocycles. The van der Waals surface area contributed by atoms with Gasteiger partial charge in [-0.1, -0.05) is 18.5 Å². The summed E-state index contributed by atoms with van der Waals surface area (Å²) in [7, 11) is 0. The maximum Gasteiger partial charge on any atom is 0.0863 e. The Morgan fingerprint density at radius 3 is 2.83 bits per heavy atom. The number of nitrogens with zero attached hydrogens (tertiary/aromatic N) is 2. The second-order valence-corrected chi connectivity index (χ2v) is 5.60. The first-order valence-corrected chi connectivity index (χ1v) is 7.17. The molecule has 2 heterocycles. The van der Waals surface area contributed by atoms with Gasteiger partial charge in [-0.3, -0.25) is 4.68 Å². The molecule has 1 aromatic rings. The zero-order valence-electron chi connectivity index (χ0n) is 11.5. The summed E-state index contributed by atoms with van der Waals surface area (Å²) in [5.74, 6) is 0. The molecule has 2 N–H and O–H groups in total. The molecule has 0 aromatic carbocycles. The largest absolute Gasteiger partial charge is 0.315 e. The molecule has 102 valence electrons. The number of hydrogen-bond donors (Lipinski definition) is 2. The van der Waals surface area contributed by atoms with E-state index in [1.54, 1.807) is 0 Å². The number of hydrogen-bond acceptors (Lipinski definition) is 3. The van der Waals surface area contributed by atoms with Crippen LogP contribution < -0.4 is 10.6 Å². The fourth-order valence-corrected chi connectivity index (χ4v) is 2.79. The van der Waals surface area contributed by atoms with Gasteiger partial charge in [-0.25, -0.2) is 0 Å². The Balaban J connectivity index is 2.10. The van der Waals surface area contributed by atoms with Gasteiger partial charge in [0, 0.05) is 25.2 Å². The summed E-state index contributed by atoms with van der Waals surface area (Å²) in [5, 5.41) is 12.4. The lowest BCUT2D eigenvalue weighted by atomic mass is 10.0. The predicted molar refractivity (Wildman–Crippen MR) is 75.0 cm³/mol. The lowest BCUT2D eigenvalue weighted by Crippen LogP contribution is -2.43. The molecule has 18 heavy (non-hydrogen) atoms. The Kier molecular flexibility index (Phi) is 4.30. The molecule has 1 fully saturated rings. The minimum atomic E-state index is 0.179. The smallest absolute Gasteiger partial charge is 0.0863 e. The lowest BCUT2D eigenvalue weighted by Gasteiger charge is -2.24. The molecule has 0 aliphatic carbocycles. The van der Waals surface area contributed by atoms with Gasteiger partial charge in [0.1, 0.15) is 0 Å². The van der Waals surface area contributed by atoms with Gasteiger partial charge in [-0.05, 0) is 33.2 Å². The zero-order chi connectivity index (χ0) is 13.2. The van der Waals surface area contributed by atoms with Crippen LogP contribution in [-0.2, 0) is 19.5 Å².